The van der Waals surface area contributed by atoms with E-state index in [2.05, 4.69) is 31.7 Å². The van der Waals surface area contributed by atoms with Crippen LogP contribution in [0.3, 0.4) is 0 Å². The highest BCUT2D eigenvalue weighted by Gasteiger charge is 2.53. The normalized spacial score (nSPS) is 23.6. The molecule has 0 bridgehead atoms. The van der Waals surface area contributed by atoms with E-state index in [1.165, 1.54) is 17.7 Å². The largest absolute Gasteiger partial charge is 0.342 e. The number of rotatable bonds is 5. The second-order valence-electron chi connectivity index (χ2n) is 14.1. The number of halogens is 2. The quantitative estimate of drug-likeness (QED) is 0.416. The molecule has 5 rings (SSSR count). The van der Waals surface area contributed by atoms with Crippen molar-refractivity contribution in [2.45, 2.75) is 96.7 Å². The van der Waals surface area contributed by atoms with E-state index >= 15 is 4.39 Å². The molecule has 0 saturated carbocycles. The molecule has 6 nitrogen and oxygen atoms in total. The molecule has 3 aliphatic rings. The summed E-state index contributed by atoms with van der Waals surface area (Å²) in [5, 5.41) is 0. The van der Waals surface area contributed by atoms with Gasteiger partial charge in [0.15, 0.2) is 5.78 Å². The molecular formula is C35H45F2N3O3. The van der Waals surface area contributed by atoms with Crippen LogP contribution in [-0.2, 0) is 21.4 Å². The second-order valence-corrected chi connectivity index (χ2v) is 14.1. The summed E-state index contributed by atoms with van der Waals surface area (Å²) in [5.74, 6) is -2.01. The van der Waals surface area contributed by atoms with Crippen molar-refractivity contribution in [2.24, 2.45) is 5.92 Å². The highest BCUT2D eigenvalue weighted by Crippen LogP contribution is 2.50. The third-order valence-electron chi connectivity index (χ3n) is 10.3. The van der Waals surface area contributed by atoms with Gasteiger partial charge >= 0.3 is 0 Å². The number of nitrogens with zero attached hydrogens (tertiary/aromatic N) is 3. The Balaban J connectivity index is 1.44. The van der Waals surface area contributed by atoms with E-state index in [1.54, 1.807) is 13.8 Å². The van der Waals surface area contributed by atoms with Crippen LogP contribution in [0.25, 0.3) is 0 Å². The van der Waals surface area contributed by atoms with Crippen LogP contribution in [0.1, 0.15) is 94.3 Å². The van der Waals surface area contributed by atoms with Gasteiger partial charge in [0.1, 0.15) is 11.6 Å². The number of Topliss-reactive ketones (excluding diaryl/α,β-unsaturated/α-hetero) is 1. The first kappa shape index (κ1) is 31.3. The number of fused-ring (bicyclic) bond motifs is 2. The zero-order valence-electron chi connectivity index (χ0n) is 26.5. The van der Waals surface area contributed by atoms with Crippen molar-refractivity contribution in [3.05, 3.63) is 70.3 Å². The first-order valence-electron chi connectivity index (χ1n) is 15.6. The van der Waals surface area contributed by atoms with E-state index in [1.807, 2.05) is 35.8 Å². The summed E-state index contributed by atoms with van der Waals surface area (Å²) >= 11 is 0. The van der Waals surface area contributed by atoms with Crippen molar-refractivity contribution < 1.29 is 23.2 Å². The Morgan fingerprint density at radius 3 is 2.21 bits per heavy atom. The van der Waals surface area contributed by atoms with Crippen LogP contribution in [0, 0.1) is 17.6 Å². The Bertz CT molecular complexity index is 1420. The molecule has 2 aliphatic heterocycles. The predicted octanol–water partition coefficient (Wildman–Crippen LogP) is 5.72. The molecular weight excluding hydrogens is 548 g/mol. The van der Waals surface area contributed by atoms with E-state index in [0.29, 0.717) is 56.6 Å². The number of carbonyl (C=O) groups excluding carboxylic acids is 3. The number of ketones is 1. The van der Waals surface area contributed by atoms with Crippen LogP contribution in [-0.4, -0.2) is 76.1 Å². The fourth-order valence-corrected chi connectivity index (χ4v) is 8.04. The van der Waals surface area contributed by atoms with Gasteiger partial charge in [-0.1, -0.05) is 18.2 Å². The van der Waals surface area contributed by atoms with Crippen LogP contribution < -0.4 is 0 Å². The molecule has 0 radical (unpaired) electrons. The average molecular weight is 594 g/mol. The van der Waals surface area contributed by atoms with Gasteiger partial charge in [0, 0.05) is 73.7 Å². The molecule has 3 atom stereocenters. The van der Waals surface area contributed by atoms with Gasteiger partial charge in [-0.15, -0.1) is 0 Å². The molecule has 0 N–H and O–H groups in total. The molecule has 2 unspecified atom stereocenters. The van der Waals surface area contributed by atoms with E-state index in [-0.39, 0.29) is 46.6 Å². The lowest BCUT2D eigenvalue weighted by Crippen LogP contribution is -2.58. The van der Waals surface area contributed by atoms with E-state index in [0.717, 1.165) is 11.6 Å². The van der Waals surface area contributed by atoms with Crippen LogP contribution in [0.2, 0.25) is 0 Å². The maximum atomic E-state index is 15.0. The van der Waals surface area contributed by atoms with Gasteiger partial charge < -0.3 is 9.80 Å². The Morgan fingerprint density at radius 1 is 0.977 bits per heavy atom. The van der Waals surface area contributed by atoms with Crippen molar-refractivity contribution in [3.63, 3.8) is 0 Å². The maximum Gasteiger partial charge on any atom is 0.227 e. The number of benzene rings is 2. The Morgan fingerprint density at radius 2 is 1.65 bits per heavy atom. The summed E-state index contributed by atoms with van der Waals surface area (Å²) in [5.41, 5.74) is 2.81. The third kappa shape index (κ3) is 5.63. The molecule has 2 fully saturated rings. The molecule has 2 aromatic carbocycles. The molecule has 2 heterocycles. The summed E-state index contributed by atoms with van der Waals surface area (Å²) in [6.07, 6.45) is 2.06. The summed E-state index contributed by atoms with van der Waals surface area (Å²) in [6.45, 7) is 15.6. The number of likely N-dealkylation sites (tertiary alicyclic amines) is 2. The topological polar surface area (TPSA) is 60.9 Å². The first-order chi connectivity index (χ1) is 20.1. The fraction of sp³-hybridized carbons (Fsp3) is 0.571. The molecule has 1 spiro atoms. The standard InChI is InChI=1S/C35H45F2N3O3/c1-21(2)40(23(4)42)32-17-25-16-24(22(3)41)8-11-30(25)35(32)12-14-38(15-13-35)33(43)29-20-39(34(5,6)7)19-28(29)27-10-9-26(36)18-31(27)37/h8-11,16,18,21,28-29,32H,12-15,17,19-20H2,1-7H3/t28-,29?,32?/m0/s1. The van der Waals surface area contributed by atoms with E-state index in [4.69, 9.17) is 0 Å². The monoisotopic (exact) mass is 593 g/mol. The van der Waals surface area contributed by atoms with Crippen LogP contribution in [0.4, 0.5) is 8.78 Å². The van der Waals surface area contributed by atoms with Crippen molar-refractivity contribution in [3.8, 4) is 0 Å². The smallest absolute Gasteiger partial charge is 0.227 e. The number of hydrogen-bond acceptors (Lipinski definition) is 4. The van der Waals surface area contributed by atoms with Gasteiger partial charge in [-0.2, -0.15) is 0 Å². The lowest BCUT2D eigenvalue weighted by atomic mass is 9.70. The van der Waals surface area contributed by atoms with Gasteiger partial charge in [-0.05, 0) is 89.6 Å². The van der Waals surface area contributed by atoms with Gasteiger partial charge in [0.25, 0.3) is 0 Å². The summed E-state index contributed by atoms with van der Waals surface area (Å²) in [7, 11) is 0. The SMILES string of the molecule is CC(=O)c1ccc2c(c1)CC(N(C(C)=O)C(C)C)C21CCN(C(=O)C2CN(C(C)(C)C)C[C@H]2c2ccc(F)cc2F)CC1. The van der Waals surface area contributed by atoms with Crippen LogP contribution >= 0.6 is 0 Å². The molecule has 8 heteroatoms. The maximum absolute atomic E-state index is 15.0. The molecule has 43 heavy (non-hydrogen) atoms. The molecule has 0 aromatic heterocycles. The lowest BCUT2D eigenvalue weighted by Gasteiger charge is -2.49. The lowest BCUT2D eigenvalue weighted by molar-refractivity contribution is -0.140. The van der Waals surface area contributed by atoms with E-state index in [9.17, 15) is 18.8 Å². The van der Waals surface area contributed by atoms with Crippen molar-refractivity contribution in [1.82, 2.24) is 14.7 Å². The number of amides is 2. The minimum Gasteiger partial charge on any atom is -0.342 e. The Hall–Kier alpha value is -3.13. The number of piperidine rings is 1. The number of carbonyl (C=O) groups is 3. The molecule has 1 aliphatic carbocycles. The molecule has 2 amide bonds. The Labute approximate surface area is 254 Å². The molecule has 2 saturated heterocycles. The average Bonchev–Trinajstić information content (AvgIpc) is 3.49. The zero-order chi connectivity index (χ0) is 31.4. The van der Waals surface area contributed by atoms with Crippen LogP contribution in [0.15, 0.2) is 36.4 Å². The van der Waals surface area contributed by atoms with Crippen molar-refractivity contribution >= 4 is 17.6 Å². The third-order valence-corrected chi connectivity index (χ3v) is 10.3. The Kier molecular flexibility index (Phi) is 8.31. The van der Waals surface area contributed by atoms with Crippen molar-refractivity contribution in [2.75, 3.05) is 26.2 Å². The number of hydrogen-bond donors (Lipinski definition) is 0. The minimum absolute atomic E-state index is 0.00399. The van der Waals surface area contributed by atoms with Gasteiger partial charge in [-0.3, -0.25) is 19.3 Å². The second kappa shape index (κ2) is 11.4. The fourth-order valence-electron chi connectivity index (χ4n) is 8.04. The van der Waals surface area contributed by atoms with Crippen molar-refractivity contribution in [1.29, 1.82) is 0 Å². The van der Waals surface area contributed by atoms with Gasteiger partial charge in [0.2, 0.25) is 11.8 Å². The first-order valence-corrected chi connectivity index (χ1v) is 15.6. The zero-order valence-corrected chi connectivity index (χ0v) is 26.5. The molecule has 232 valence electrons. The summed E-state index contributed by atoms with van der Waals surface area (Å²) < 4.78 is 28.8. The van der Waals surface area contributed by atoms with Gasteiger partial charge in [0.05, 0.1) is 5.92 Å². The highest BCUT2D eigenvalue weighted by molar-refractivity contribution is 5.94. The summed E-state index contributed by atoms with van der Waals surface area (Å²) in [6, 6.07) is 9.55. The predicted molar refractivity (Wildman–Crippen MR) is 163 cm³/mol. The highest BCUT2D eigenvalue weighted by atomic mass is 19.1. The minimum atomic E-state index is -0.626. The van der Waals surface area contributed by atoms with E-state index < -0.39 is 17.6 Å². The summed E-state index contributed by atoms with van der Waals surface area (Å²) in [4.78, 5) is 45.5. The molecule has 2 aromatic rings. The van der Waals surface area contributed by atoms with Crippen LogP contribution in [0.5, 0.6) is 0 Å². The van der Waals surface area contributed by atoms with Gasteiger partial charge in [-0.25, -0.2) is 8.78 Å².